The van der Waals surface area contributed by atoms with E-state index >= 15 is 0 Å². The van der Waals surface area contributed by atoms with E-state index in [1.807, 2.05) is 0 Å². The number of aromatic nitrogens is 3. The number of imidazole rings is 1. The van der Waals surface area contributed by atoms with Gasteiger partial charge in [0.25, 0.3) is 5.91 Å². The highest BCUT2D eigenvalue weighted by molar-refractivity contribution is 5.91. The van der Waals surface area contributed by atoms with Crippen LogP contribution < -0.4 is 5.73 Å². The third kappa shape index (κ3) is 1.25. The van der Waals surface area contributed by atoms with Crippen LogP contribution in [-0.2, 0) is 6.54 Å². The summed E-state index contributed by atoms with van der Waals surface area (Å²) in [6.45, 7) is 0.516. The monoisotopic (exact) mass is 194 g/mol. The quantitative estimate of drug-likeness (QED) is 0.672. The summed E-state index contributed by atoms with van der Waals surface area (Å²) in [6, 6.07) is 1.60. The van der Waals surface area contributed by atoms with Gasteiger partial charge in [-0.3, -0.25) is 4.79 Å². The van der Waals surface area contributed by atoms with Crippen LogP contribution in [0.15, 0.2) is 18.5 Å². The maximum atomic E-state index is 10.8. The van der Waals surface area contributed by atoms with Crippen molar-refractivity contribution in [3.63, 3.8) is 0 Å². The fraction of sp³-hybridized carbons (Fsp3) is 0.250. The van der Waals surface area contributed by atoms with Crippen LogP contribution in [-0.4, -0.2) is 31.8 Å². The normalized spacial score (nSPS) is 10.9. The molecule has 6 heteroatoms. The minimum atomic E-state index is -0.552. The first kappa shape index (κ1) is 8.76. The maximum Gasteiger partial charge on any atom is 0.269 e. The molecule has 0 saturated carbocycles. The lowest BCUT2D eigenvalue weighted by Gasteiger charge is -1.97. The topological polar surface area (TPSA) is 85.5 Å². The van der Waals surface area contributed by atoms with Crippen molar-refractivity contribution < 1.29 is 9.90 Å². The molecule has 0 aliphatic heterocycles. The zero-order valence-corrected chi connectivity index (χ0v) is 7.42. The second-order valence-electron chi connectivity index (χ2n) is 2.91. The number of nitrogens with zero attached hydrogens (tertiary/aromatic N) is 3. The molecule has 0 unspecified atom stereocenters. The van der Waals surface area contributed by atoms with Crippen LogP contribution in [0.25, 0.3) is 5.65 Å². The van der Waals surface area contributed by atoms with E-state index in [0.717, 1.165) is 5.65 Å². The number of hydrogen-bond donors (Lipinski definition) is 2. The molecule has 0 aromatic carbocycles. The van der Waals surface area contributed by atoms with Gasteiger partial charge in [0.05, 0.1) is 6.61 Å². The minimum absolute atomic E-state index is 0.0431. The van der Waals surface area contributed by atoms with Gasteiger partial charge in [0.2, 0.25) is 0 Å². The van der Waals surface area contributed by atoms with Crippen molar-refractivity contribution in [1.29, 1.82) is 0 Å². The van der Waals surface area contributed by atoms with Gasteiger partial charge >= 0.3 is 0 Å². The van der Waals surface area contributed by atoms with Gasteiger partial charge in [-0.15, -0.1) is 0 Å². The Morgan fingerprint density at radius 1 is 1.57 bits per heavy atom. The van der Waals surface area contributed by atoms with E-state index in [-0.39, 0.29) is 12.3 Å². The van der Waals surface area contributed by atoms with Crippen molar-refractivity contribution in [1.82, 2.24) is 14.2 Å². The third-order valence-corrected chi connectivity index (χ3v) is 1.99. The molecule has 14 heavy (non-hydrogen) atoms. The molecular weight excluding hydrogens is 184 g/mol. The van der Waals surface area contributed by atoms with Gasteiger partial charge in [-0.1, -0.05) is 0 Å². The van der Waals surface area contributed by atoms with E-state index in [2.05, 4.69) is 5.10 Å². The Balaban J connectivity index is 2.50. The molecule has 3 N–H and O–H groups in total. The predicted octanol–water partition coefficient (Wildman–Crippen LogP) is -0.773. The number of amides is 1. The smallest absolute Gasteiger partial charge is 0.269 e. The standard InChI is InChI=1S/C8H10N4O2/c9-8(14)6-5-7-11(3-4-13)1-2-12(7)10-6/h1-2,5,13H,3-4H2,(H2,9,14). The average Bonchev–Trinajstić information content (AvgIpc) is 2.67. The van der Waals surface area contributed by atoms with Gasteiger partial charge in [-0.05, 0) is 0 Å². The van der Waals surface area contributed by atoms with E-state index in [9.17, 15) is 4.79 Å². The summed E-state index contributed by atoms with van der Waals surface area (Å²) in [5.41, 5.74) is 6.06. The molecule has 0 saturated heterocycles. The fourth-order valence-corrected chi connectivity index (χ4v) is 1.35. The highest BCUT2D eigenvalue weighted by atomic mass is 16.3. The number of nitrogens with two attached hydrogens (primary N) is 1. The minimum Gasteiger partial charge on any atom is -0.395 e. The fourth-order valence-electron chi connectivity index (χ4n) is 1.35. The Bertz CT molecular complexity index is 471. The highest BCUT2D eigenvalue weighted by Gasteiger charge is 2.09. The lowest BCUT2D eigenvalue weighted by Crippen LogP contribution is -2.11. The molecule has 0 atom stereocenters. The summed E-state index contributed by atoms with van der Waals surface area (Å²) in [6.07, 6.45) is 3.49. The van der Waals surface area contributed by atoms with E-state index in [1.54, 1.807) is 27.5 Å². The van der Waals surface area contributed by atoms with Gasteiger partial charge in [0.15, 0.2) is 5.69 Å². The third-order valence-electron chi connectivity index (χ3n) is 1.99. The van der Waals surface area contributed by atoms with Crippen molar-refractivity contribution in [2.24, 2.45) is 5.73 Å². The van der Waals surface area contributed by atoms with Crippen LogP contribution in [0.5, 0.6) is 0 Å². The predicted molar refractivity (Wildman–Crippen MR) is 48.8 cm³/mol. The lowest BCUT2D eigenvalue weighted by molar-refractivity contribution is 0.0995. The summed E-state index contributed by atoms with van der Waals surface area (Å²) in [5.74, 6) is -0.552. The number of hydrogen-bond acceptors (Lipinski definition) is 3. The summed E-state index contributed by atoms with van der Waals surface area (Å²) in [7, 11) is 0. The molecule has 2 heterocycles. The van der Waals surface area contributed by atoms with Crippen LogP contribution in [0, 0.1) is 0 Å². The first-order valence-electron chi connectivity index (χ1n) is 4.17. The van der Waals surface area contributed by atoms with Crippen molar-refractivity contribution >= 4 is 11.6 Å². The molecule has 0 radical (unpaired) electrons. The number of aliphatic hydroxyl groups excluding tert-OH is 1. The molecule has 0 bridgehead atoms. The highest BCUT2D eigenvalue weighted by Crippen LogP contribution is 2.07. The van der Waals surface area contributed by atoms with Crippen LogP contribution in [0.3, 0.4) is 0 Å². The van der Waals surface area contributed by atoms with Crippen LogP contribution in [0.4, 0.5) is 0 Å². The van der Waals surface area contributed by atoms with Crippen molar-refractivity contribution in [2.45, 2.75) is 6.54 Å². The Morgan fingerprint density at radius 3 is 3.00 bits per heavy atom. The van der Waals surface area contributed by atoms with Crippen LogP contribution >= 0.6 is 0 Å². The lowest BCUT2D eigenvalue weighted by atomic mass is 10.4. The van der Waals surface area contributed by atoms with Gasteiger partial charge in [0, 0.05) is 25.0 Å². The number of rotatable bonds is 3. The molecule has 6 nitrogen and oxygen atoms in total. The molecule has 74 valence electrons. The number of fused-ring (bicyclic) bond motifs is 1. The van der Waals surface area contributed by atoms with E-state index in [0.29, 0.717) is 6.54 Å². The van der Waals surface area contributed by atoms with Gasteiger partial charge in [-0.2, -0.15) is 5.10 Å². The van der Waals surface area contributed by atoms with Crippen molar-refractivity contribution in [3.05, 3.63) is 24.2 Å². The molecule has 0 spiro atoms. The number of carbonyl (C=O) groups is 1. The summed E-state index contributed by atoms with van der Waals surface area (Å²) < 4.78 is 3.34. The maximum absolute atomic E-state index is 10.8. The van der Waals surface area contributed by atoms with Gasteiger partial charge in [0.1, 0.15) is 5.65 Å². The van der Waals surface area contributed by atoms with Crippen molar-refractivity contribution in [3.8, 4) is 0 Å². The first-order chi connectivity index (χ1) is 6.72. The summed E-state index contributed by atoms with van der Waals surface area (Å²) in [5, 5.41) is 12.7. The molecular formula is C8H10N4O2. The SMILES string of the molecule is NC(=O)c1cc2n(CCO)ccn2n1. The van der Waals surface area contributed by atoms with E-state index in [1.165, 1.54) is 0 Å². The molecule has 0 fully saturated rings. The average molecular weight is 194 g/mol. The van der Waals surface area contributed by atoms with Gasteiger partial charge in [-0.25, -0.2) is 4.52 Å². The van der Waals surface area contributed by atoms with E-state index < -0.39 is 5.91 Å². The molecule has 2 aromatic rings. The Kier molecular flexibility index (Phi) is 1.97. The number of primary amides is 1. The zero-order valence-electron chi connectivity index (χ0n) is 7.42. The second-order valence-corrected chi connectivity index (χ2v) is 2.91. The van der Waals surface area contributed by atoms with Crippen LogP contribution in [0.1, 0.15) is 10.5 Å². The largest absolute Gasteiger partial charge is 0.395 e. The van der Waals surface area contributed by atoms with Crippen LogP contribution in [0.2, 0.25) is 0 Å². The molecule has 0 aliphatic carbocycles. The molecule has 0 aliphatic rings. The number of aliphatic hydroxyl groups is 1. The zero-order chi connectivity index (χ0) is 10.1. The Labute approximate surface area is 79.5 Å². The number of carbonyl (C=O) groups excluding carboxylic acids is 1. The molecule has 1 amide bonds. The van der Waals surface area contributed by atoms with Crippen molar-refractivity contribution in [2.75, 3.05) is 6.61 Å². The second kappa shape index (κ2) is 3.15. The molecule has 2 aromatic heterocycles. The van der Waals surface area contributed by atoms with E-state index in [4.69, 9.17) is 10.8 Å². The molecule has 2 rings (SSSR count). The Morgan fingerprint density at radius 2 is 2.36 bits per heavy atom. The first-order valence-corrected chi connectivity index (χ1v) is 4.17. The Hall–Kier alpha value is -1.82. The summed E-state index contributed by atoms with van der Waals surface area (Å²) in [4.78, 5) is 10.8. The summed E-state index contributed by atoms with van der Waals surface area (Å²) >= 11 is 0. The van der Waals surface area contributed by atoms with Gasteiger partial charge < -0.3 is 15.4 Å².